The van der Waals surface area contributed by atoms with E-state index in [0.29, 0.717) is 11.3 Å². The van der Waals surface area contributed by atoms with Crippen molar-refractivity contribution in [2.24, 2.45) is 0 Å². The van der Waals surface area contributed by atoms with E-state index >= 15 is 0 Å². The van der Waals surface area contributed by atoms with Gasteiger partial charge in [-0.1, -0.05) is 13.0 Å². The van der Waals surface area contributed by atoms with Crippen molar-refractivity contribution in [3.8, 4) is 0 Å². The molecule has 0 radical (unpaired) electrons. The second kappa shape index (κ2) is 8.85. The Morgan fingerprint density at radius 2 is 1.92 bits per heavy atom. The fraction of sp³-hybridized carbons (Fsp3) is 0.579. The van der Waals surface area contributed by atoms with Crippen LogP contribution in [-0.4, -0.2) is 43.3 Å². The Labute approximate surface area is 150 Å². The first-order chi connectivity index (χ1) is 11.6. The Hall–Kier alpha value is -2.08. The molecule has 0 fully saturated rings. The Balaban J connectivity index is 3.10. The van der Waals surface area contributed by atoms with Gasteiger partial charge < -0.3 is 9.47 Å². The van der Waals surface area contributed by atoms with Gasteiger partial charge in [0.2, 0.25) is 0 Å². The summed E-state index contributed by atoms with van der Waals surface area (Å²) < 4.78 is 10.1. The maximum atomic E-state index is 12.1. The summed E-state index contributed by atoms with van der Waals surface area (Å²) in [6, 6.07) is 5.51. The van der Waals surface area contributed by atoms with Crippen molar-refractivity contribution >= 4 is 17.7 Å². The largest absolute Gasteiger partial charge is 0.465 e. The number of anilines is 1. The first-order valence-corrected chi connectivity index (χ1v) is 8.51. The zero-order chi connectivity index (χ0) is 19.2. The molecule has 1 N–H and O–H groups in total. The maximum Gasteiger partial charge on any atom is 0.412 e. The molecule has 1 aromatic carbocycles. The van der Waals surface area contributed by atoms with Crippen LogP contribution in [-0.2, 0) is 9.47 Å². The molecule has 0 spiro atoms. The molecule has 1 aromatic rings. The van der Waals surface area contributed by atoms with Gasteiger partial charge in [0.1, 0.15) is 5.60 Å². The van der Waals surface area contributed by atoms with Crippen LogP contribution in [0.3, 0.4) is 0 Å². The number of rotatable bonds is 6. The smallest absolute Gasteiger partial charge is 0.412 e. The highest BCUT2D eigenvalue weighted by molar-refractivity contribution is 5.99. The summed E-state index contributed by atoms with van der Waals surface area (Å²) in [4.78, 5) is 26.4. The topological polar surface area (TPSA) is 67.9 Å². The molecule has 0 aliphatic rings. The monoisotopic (exact) mass is 350 g/mol. The fourth-order valence-electron chi connectivity index (χ4n) is 2.42. The molecule has 0 saturated heterocycles. The number of nitrogens with zero attached hydrogens (tertiary/aromatic N) is 1. The molecule has 25 heavy (non-hydrogen) atoms. The summed E-state index contributed by atoms with van der Waals surface area (Å²) in [5, 5.41) is 2.63. The van der Waals surface area contributed by atoms with Gasteiger partial charge in [-0.25, -0.2) is 9.59 Å². The second-order valence-electron chi connectivity index (χ2n) is 7.08. The molecule has 140 valence electrons. The van der Waals surface area contributed by atoms with Gasteiger partial charge in [0, 0.05) is 6.04 Å². The predicted molar refractivity (Wildman–Crippen MR) is 99.0 cm³/mol. The number of esters is 1. The number of nitrogens with one attached hydrogen (secondary N) is 1. The number of carbonyl (C=O) groups excluding carboxylic acids is 2. The van der Waals surface area contributed by atoms with E-state index in [-0.39, 0.29) is 6.04 Å². The SMILES string of the molecule is CCCN(C)C(C)c1ccc(NC(=O)OC(C)(C)C)c(C(=O)OC)c1. The lowest BCUT2D eigenvalue weighted by Crippen LogP contribution is -2.28. The van der Waals surface area contributed by atoms with Gasteiger partial charge in [0.15, 0.2) is 0 Å². The van der Waals surface area contributed by atoms with Crippen LogP contribution in [0.4, 0.5) is 10.5 Å². The molecule has 0 saturated carbocycles. The summed E-state index contributed by atoms with van der Waals surface area (Å²) in [6.07, 6.45) is 0.435. The lowest BCUT2D eigenvalue weighted by Gasteiger charge is -2.25. The van der Waals surface area contributed by atoms with Crippen LogP contribution in [0.2, 0.25) is 0 Å². The molecular formula is C19H30N2O4. The minimum atomic E-state index is -0.618. The van der Waals surface area contributed by atoms with Crippen LogP contribution < -0.4 is 5.32 Å². The number of hydrogen-bond acceptors (Lipinski definition) is 5. The van der Waals surface area contributed by atoms with Gasteiger partial charge >= 0.3 is 12.1 Å². The third kappa shape index (κ3) is 6.38. The van der Waals surface area contributed by atoms with Crippen LogP contribution >= 0.6 is 0 Å². The quantitative estimate of drug-likeness (QED) is 0.778. The number of ether oxygens (including phenoxy) is 2. The highest BCUT2D eigenvalue weighted by Gasteiger charge is 2.21. The zero-order valence-corrected chi connectivity index (χ0v) is 16.3. The van der Waals surface area contributed by atoms with Gasteiger partial charge in [-0.3, -0.25) is 10.2 Å². The van der Waals surface area contributed by atoms with Crippen LogP contribution in [0.1, 0.15) is 63.0 Å². The molecule has 1 unspecified atom stereocenters. The highest BCUT2D eigenvalue weighted by atomic mass is 16.6. The number of methoxy groups -OCH3 is 1. The Morgan fingerprint density at radius 1 is 1.28 bits per heavy atom. The molecule has 0 bridgehead atoms. The normalized spacial score (nSPS) is 12.6. The summed E-state index contributed by atoms with van der Waals surface area (Å²) in [5.41, 5.74) is 1.04. The zero-order valence-electron chi connectivity index (χ0n) is 16.3. The van der Waals surface area contributed by atoms with E-state index in [9.17, 15) is 9.59 Å². The van der Waals surface area contributed by atoms with E-state index in [1.807, 2.05) is 13.1 Å². The summed E-state index contributed by atoms with van der Waals surface area (Å²) in [5.74, 6) is -0.502. The third-order valence-corrected chi connectivity index (χ3v) is 3.80. The second-order valence-corrected chi connectivity index (χ2v) is 7.08. The highest BCUT2D eigenvalue weighted by Crippen LogP contribution is 2.26. The molecule has 0 heterocycles. The standard InChI is InChI=1S/C19H30N2O4/c1-8-11-21(6)13(2)14-9-10-16(15(12-14)17(22)24-7)20-18(23)25-19(3,4)5/h9-10,12-13H,8,11H2,1-7H3,(H,20,23). The lowest BCUT2D eigenvalue weighted by molar-refractivity contribution is 0.0601. The van der Waals surface area contributed by atoms with Crippen molar-refractivity contribution in [3.63, 3.8) is 0 Å². The maximum absolute atomic E-state index is 12.1. The minimum Gasteiger partial charge on any atom is -0.465 e. The van der Waals surface area contributed by atoms with Crippen molar-refractivity contribution in [1.29, 1.82) is 0 Å². The molecule has 1 rings (SSSR count). The third-order valence-electron chi connectivity index (χ3n) is 3.80. The van der Waals surface area contributed by atoms with Crippen LogP contribution in [0, 0.1) is 0 Å². The summed E-state index contributed by atoms with van der Waals surface area (Å²) >= 11 is 0. The fourth-order valence-corrected chi connectivity index (χ4v) is 2.42. The van der Waals surface area contributed by atoms with Gasteiger partial charge in [-0.2, -0.15) is 0 Å². The van der Waals surface area contributed by atoms with E-state index in [4.69, 9.17) is 9.47 Å². The predicted octanol–water partition coefficient (Wildman–Crippen LogP) is 4.22. The van der Waals surface area contributed by atoms with E-state index < -0.39 is 17.7 Å². The van der Waals surface area contributed by atoms with E-state index in [1.165, 1.54) is 7.11 Å². The van der Waals surface area contributed by atoms with Crippen molar-refractivity contribution in [2.75, 3.05) is 26.0 Å². The summed E-state index contributed by atoms with van der Waals surface area (Å²) in [6.45, 7) is 10.5. The van der Waals surface area contributed by atoms with Crippen LogP contribution in [0.25, 0.3) is 0 Å². The number of carbonyl (C=O) groups is 2. The van der Waals surface area contributed by atoms with Gasteiger partial charge in [-0.05, 0) is 65.4 Å². The molecule has 1 atom stereocenters. The van der Waals surface area contributed by atoms with Gasteiger partial charge in [-0.15, -0.1) is 0 Å². The Bertz CT molecular complexity index is 608. The van der Waals surface area contributed by atoms with Crippen molar-refractivity contribution < 1.29 is 19.1 Å². The number of benzene rings is 1. The Kier molecular flexibility index (Phi) is 7.42. The van der Waals surface area contributed by atoms with Crippen LogP contribution in [0.5, 0.6) is 0 Å². The molecular weight excluding hydrogens is 320 g/mol. The average molecular weight is 350 g/mol. The molecule has 0 aromatic heterocycles. The summed E-state index contributed by atoms with van der Waals surface area (Å²) in [7, 11) is 3.36. The lowest BCUT2D eigenvalue weighted by atomic mass is 10.0. The van der Waals surface area contributed by atoms with Gasteiger partial charge in [0.05, 0.1) is 18.4 Å². The molecule has 0 aliphatic carbocycles. The minimum absolute atomic E-state index is 0.138. The first kappa shape index (κ1) is 21.0. The van der Waals surface area contributed by atoms with Crippen molar-refractivity contribution in [1.82, 2.24) is 4.90 Å². The Morgan fingerprint density at radius 3 is 2.44 bits per heavy atom. The molecule has 1 amide bonds. The van der Waals surface area contributed by atoms with Crippen molar-refractivity contribution in [3.05, 3.63) is 29.3 Å². The molecule has 6 heteroatoms. The van der Waals surface area contributed by atoms with Gasteiger partial charge in [0.25, 0.3) is 0 Å². The van der Waals surface area contributed by atoms with E-state index in [1.54, 1.807) is 32.9 Å². The van der Waals surface area contributed by atoms with E-state index in [2.05, 4.69) is 24.1 Å². The van der Waals surface area contributed by atoms with Crippen molar-refractivity contribution in [2.45, 2.75) is 52.7 Å². The molecule has 0 aliphatic heterocycles. The van der Waals surface area contributed by atoms with E-state index in [0.717, 1.165) is 18.5 Å². The number of hydrogen-bond donors (Lipinski definition) is 1. The molecule has 6 nitrogen and oxygen atoms in total. The number of amides is 1. The van der Waals surface area contributed by atoms with Crippen LogP contribution in [0.15, 0.2) is 18.2 Å². The first-order valence-electron chi connectivity index (χ1n) is 8.51. The average Bonchev–Trinajstić information content (AvgIpc) is 2.52.